The molecule has 0 bridgehead atoms. The lowest BCUT2D eigenvalue weighted by atomic mass is 9.76. The Balaban J connectivity index is 1.52. The Morgan fingerprint density at radius 2 is 1.91 bits per heavy atom. The van der Waals surface area contributed by atoms with Crippen molar-refractivity contribution in [2.45, 2.75) is 38.4 Å². The van der Waals surface area contributed by atoms with Gasteiger partial charge in [0, 0.05) is 37.7 Å². The number of primary amides is 1. The third-order valence-corrected chi connectivity index (χ3v) is 6.84. The molecule has 2 aliphatic heterocycles. The van der Waals surface area contributed by atoms with Gasteiger partial charge in [-0.2, -0.15) is 18.4 Å². The van der Waals surface area contributed by atoms with Crippen LogP contribution in [0, 0.1) is 23.7 Å². The first-order chi connectivity index (χ1) is 16.0. The first kappa shape index (κ1) is 23.5. The predicted octanol–water partition coefficient (Wildman–Crippen LogP) is 3.27. The average molecular weight is 471 g/mol. The number of benzene rings is 1. The lowest BCUT2D eigenvalue weighted by molar-refractivity contribution is -0.137. The highest BCUT2D eigenvalue weighted by atomic mass is 19.4. The topological polar surface area (TPSA) is 103 Å². The number of rotatable bonds is 3. The normalized spacial score (nSPS) is 19.8. The van der Waals surface area contributed by atoms with Crippen LogP contribution in [-0.4, -0.2) is 47.4 Å². The number of aromatic nitrogens is 1. The molecule has 2 fully saturated rings. The van der Waals surface area contributed by atoms with E-state index in [0.29, 0.717) is 50.1 Å². The lowest BCUT2D eigenvalue weighted by Gasteiger charge is -2.40. The van der Waals surface area contributed by atoms with E-state index in [1.165, 1.54) is 23.2 Å². The third-order valence-electron chi connectivity index (χ3n) is 6.84. The fourth-order valence-electron chi connectivity index (χ4n) is 5.02. The van der Waals surface area contributed by atoms with Crippen molar-refractivity contribution >= 4 is 17.5 Å². The summed E-state index contributed by atoms with van der Waals surface area (Å²) in [5.41, 5.74) is 5.53. The molecule has 2 N–H and O–H groups in total. The molecule has 1 aromatic heterocycles. The highest BCUT2D eigenvalue weighted by Gasteiger charge is 2.49. The smallest absolute Gasteiger partial charge is 0.371 e. The Labute approximate surface area is 195 Å². The van der Waals surface area contributed by atoms with Gasteiger partial charge in [-0.1, -0.05) is 0 Å². The van der Waals surface area contributed by atoms with E-state index in [2.05, 4.69) is 4.98 Å². The summed E-state index contributed by atoms with van der Waals surface area (Å²) < 4.78 is 40.1. The largest absolute Gasteiger partial charge is 0.417 e. The molecule has 10 heteroatoms. The van der Waals surface area contributed by atoms with Crippen LogP contribution in [0.1, 0.15) is 46.3 Å². The summed E-state index contributed by atoms with van der Waals surface area (Å²) in [6, 6.07) is 6.29. The second-order valence-electron chi connectivity index (χ2n) is 9.13. The summed E-state index contributed by atoms with van der Waals surface area (Å²) in [6.07, 6.45) is 0.0784. The van der Waals surface area contributed by atoms with Gasteiger partial charge in [-0.05, 0) is 61.4 Å². The maximum atomic E-state index is 13.4. The van der Waals surface area contributed by atoms with E-state index in [0.717, 1.165) is 11.6 Å². The zero-order valence-electron chi connectivity index (χ0n) is 18.6. The average Bonchev–Trinajstić information content (AvgIpc) is 3.17. The number of nitriles is 1. The summed E-state index contributed by atoms with van der Waals surface area (Å²) in [6.45, 7) is 3.09. The van der Waals surface area contributed by atoms with Crippen LogP contribution < -0.4 is 10.6 Å². The van der Waals surface area contributed by atoms with E-state index in [9.17, 15) is 22.8 Å². The molecule has 1 aromatic carbocycles. The van der Waals surface area contributed by atoms with E-state index >= 15 is 0 Å². The second kappa shape index (κ2) is 8.63. The standard InChI is InChI=1S/C24H24F3N5O2/c1-15-8-17(13-30-12-15)22(34)32-14-23(10-20(32)21(29)33)4-6-31(7-5-23)18-3-2-16(11-28)19(9-18)24(25,26)27/h2-3,8-9,12-13,20H,4-7,10,14H2,1H3,(H2,29,33). The number of hydrogen-bond acceptors (Lipinski definition) is 5. The molecular weight excluding hydrogens is 447 g/mol. The molecule has 4 rings (SSSR count). The minimum absolute atomic E-state index is 0.304. The number of piperidine rings is 1. The fourth-order valence-corrected chi connectivity index (χ4v) is 5.02. The summed E-state index contributed by atoms with van der Waals surface area (Å²) in [4.78, 5) is 32.8. The molecule has 0 saturated carbocycles. The molecule has 7 nitrogen and oxygen atoms in total. The van der Waals surface area contributed by atoms with Crippen molar-refractivity contribution in [3.8, 4) is 6.07 Å². The van der Waals surface area contributed by atoms with Crippen LogP contribution in [0.2, 0.25) is 0 Å². The molecule has 1 atom stereocenters. The van der Waals surface area contributed by atoms with Crippen molar-refractivity contribution in [1.29, 1.82) is 5.26 Å². The van der Waals surface area contributed by atoms with Crippen LogP contribution in [0.15, 0.2) is 36.7 Å². The van der Waals surface area contributed by atoms with Crippen LogP contribution in [0.25, 0.3) is 0 Å². The number of likely N-dealkylation sites (tertiary alicyclic amines) is 1. The van der Waals surface area contributed by atoms with Gasteiger partial charge in [-0.15, -0.1) is 0 Å². The summed E-state index contributed by atoms with van der Waals surface area (Å²) in [5.74, 6) is -0.878. The first-order valence-electron chi connectivity index (χ1n) is 10.9. The zero-order valence-corrected chi connectivity index (χ0v) is 18.6. The van der Waals surface area contributed by atoms with E-state index in [1.807, 2.05) is 11.8 Å². The van der Waals surface area contributed by atoms with Crippen LogP contribution >= 0.6 is 0 Å². The molecule has 1 unspecified atom stereocenters. The number of pyridine rings is 1. The number of hydrogen-bond donors (Lipinski definition) is 1. The van der Waals surface area contributed by atoms with Crippen LogP contribution in [0.5, 0.6) is 0 Å². The first-order valence-corrected chi connectivity index (χ1v) is 10.9. The van der Waals surface area contributed by atoms with Crippen LogP contribution in [0.4, 0.5) is 18.9 Å². The molecule has 3 heterocycles. The minimum atomic E-state index is -4.62. The number of amides is 2. The predicted molar refractivity (Wildman–Crippen MR) is 118 cm³/mol. The molecule has 2 aromatic rings. The Bertz CT molecular complexity index is 1170. The molecule has 2 saturated heterocycles. The molecular formula is C24H24F3N5O2. The van der Waals surface area contributed by atoms with E-state index in [1.54, 1.807) is 18.3 Å². The third kappa shape index (κ3) is 4.42. The van der Waals surface area contributed by atoms with Gasteiger partial charge >= 0.3 is 6.18 Å². The van der Waals surface area contributed by atoms with Gasteiger partial charge in [0.05, 0.1) is 22.8 Å². The number of alkyl halides is 3. The molecule has 1 spiro atoms. The van der Waals surface area contributed by atoms with Gasteiger partial charge in [-0.3, -0.25) is 14.6 Å². The van der Waals surface area contributed by atoms with Crippen LogP contribution in [0.3, 0.4) is 0 Å². The molecule has 2 aliphatic rings. The number of halogens is 3. The van der Waals surface area contributed by atoms with Crippen molar-refractivity contribution in [2.75, 3.05) is 24.5 Å². The lowest BCUT2D eigenvalue weighted by Crippen LogP contribution is -2.44. The molecule has 0 radical (unpaired) electrons. The minimum Gasteiger partial charge on any atom is -0.371 e. The number of aryl methyl sites for hydroxylation is 1. The Kier molecular flexibility index (Phi) is 5.98. The molecule has 34 heavy (non-hydrogen) atoms. The number of anilines is 1. The molecule has 178 valence electrons. The van der Waals surface area contributed by atoms with Crippen molar-refractivity contribution in [3.63, 3.8) is 0 Å². The summed E-state index contributed by atoms with van der Waals surface area (Å²) in [7, 11) is 0. The fraction of sp³-hybridized carbons (Fsp3) is 0.417. The quantitative estimate of drug-likeness (QED) is 0.740. The number of nitrogens with zero attached hydrogens (tertiary/aromatic N) is 4. The zero-order chi connectivity index (χ0) is 24.7. The highest BCUT2D eigenvalue weighted by molar-refractivity contribution is 5.97. The van der Waals surface area contributed by atoms with E-state index in [4.69, 9.17) is 11.0 Å². The van der Waals surface area contributed by atoms with Crippen LogP contribution in [-0.2, 0) is 11.0 Å². The summed E-state index contributed by atoms with van der Waals surface area (Å²) in [5, 5.41) is 9.02. The highest BCUT2D eigenvalue weighted by Crippen LogP contribution is 2.45. The maximum Gasteiger partial charge on any atom is 0.417 e. The summed E-state index contributed by atoms with van der Waals surface area (Å²) >= 11 is 0. The van der Waals surface area contributed by atoms with E-state index < -0.39 is 29.3 Å². The van der Waals surface area contributed by atoms with Gasteiger partial charge in [0.2, 0.25) is 5.91 Å². The van der Waals surface area contributed by atoms with Crippen molar-refractivity contribution in [3.05, 3.63) is 58.9 Å². The Morgan fingerprint density at radius 3 is 2.50 bits per heavy atom. The van der Waals surface area contributed by atoms with Gasteiger partial charge < -0.3 is 15.5 Å². The van der Waals surface area contributed by atoms with Gasteiger partial charge in [0.15, 0.2) is 0 Å². The Morgan fingerprint density at radius 1 is 1.21 bits per heavy atom. The number of carbonyl (C=O) groups is 2. The van der Waals surface area contributed by atoms with Crippen molar-refractivity contribution in [2.24, 2.45) is 11.1 Å². The molecule has 0 aliphatic carbocycles. The van der Waals surface area contributed by atoms with Gasteiger partial charge in [0.25, 0.3) is 5.91 Å². The van der Waals surface area contributed by atoms with Crippen molar-refractivity contribution < 1.29 is 22.8 Å². The Hall–Kier alpha value is -3.61. The van der Waals surface area contributed by atoms with E-state index in [-0.39, 0.29) is 11.3 Å². The maximum absolute atomic E-state index is 13.4. The van der Waals surface area contributed by atoms with Gasteiger partial charge in [-0.25, -0.2) is 0 Å². The monoisotopic (exact) mass is 471 g/mol. The SMILES string of the molecule is Cc1cncc(C(=O)N2CC3(CCN(c4ccc(C#N)c(C(F)(F)F)c4)CC3)CC2C(N)=O)c1. The van der Waals surface area contributed by atoms with Crippen molar-refractivity contribution in [1.82, 2.24) is 9.88 Å². The number of nitrogens with two attached hydrogens (primary N) is 1. The second-order valence-corrected chi connectivity index (χ2v) is 9.13. The van der Waals surface area contributed by atoms with Gasteiger partial charge in [0.1, 0.15) is 6.04 Å². The number of carbonyl (C=O) groups excluding carboxylic acids is 2. The molecule has 2 amide bonds.